The van der Waals surface area contributed by atoms with Crippen LogP contribution in [0.3, 0.4) is 0 Å². The third-order valence-electron chi connectivity index (χ3n) is 8.02. The van der Waals surface area contributed by atoms with Gasteiger partial charge in [0, 0.05) is 90.0 Å². The summed E-state index contributed by atoms with van der Waals surface area (Å²) in [4.78, 5) is 11.1. The van der Waals surface area contributed by atoms with Gasteiger partial charge < -0.3 is 58.7 Å². The summed E-state index contributed by atoms with van der Waals surface area (Å²) in [5, 5.41) is 50.3. The van der Waals surface area contributed by atoms with Crippen LogP contribution in [0.15, 0.2) is 72.8 Å². The van der Waals surface area contributed by atoms with Crippen LogP contribution in [0.5, 0.6) is 17.2 Å². The Labute approximate surface area is 340 Å². The third kappa shape index (κ3) is 28.6. The zero-order valence-electron chi connectivity index (χ0n) is 36.0. The average molecular weight is 785 g/mol. The Kier molecular flexibility index (Phi) is 37.0. The zero-order chi connectivity index (χ0) is 42.4. The van der Waals surface area contributed by atoms with Crippen molar-refractivity contribution in [3.8, 4) is 17.2 Å². The predicted octanol–water partition coefficient (Wildman–Crippen LogP) is 4.41. The molecule has 0 saturated carbocycles. The van der Waals surface area contributed by atoms with Gasteiger partial charge in [0.1, 0.15) is 17.2 Å². The van der Waals surface area contributed by atoms with Crippen molar-refractivity contribution in [3.05, 3.63) is 89.5 Å². The smallest absolute Gasteiger partial charge is 0.218 e. The molecular weight excluding hydrogens is 705 g/mol. The molecule has 3 rings (SSSR count). The molecule has 0 heterocycles. The van der Waals surface area contributed by atoms with Gasteiger partial charge in [0.2, 0.25) is 5.91 Å². The van der Waals surface area contributed by atoms with E-state index < -0.39 is 0 Å². The van der Waals surface area contributed by atoms with Crippen LogP contribution in [0.2, 0.25) is 0 Å². The lowest BCUT2D eigenvalue weighted by Crippen LogP contribution is -2.47. The van der Waals surface area contributed by atoms with Gasteiger partial charge in [-0.3, -0.25) is 4.79 Å². The molecule has 3 atom stereocenters. The van der Waals surface area contributed by atoms with Gasteiger partial charge in [-0.1, -0.05) is 91.8 Å². The lowest BCUT2D eigenvalue weighted by Gasteiger charge is -2.23. The van der Waals surface area contributed by atoms with E-state index in [2.05, 4.69) is 31.9 Å². The maximum absolute atomic E-state index is 11.1. The number of hydrogen-bond acceptors (Lipinski definition) is 11. The maximum atomic E-state index is 11.1. The Morgan fingerprint density at radius 1 is 0.482 bits per heavy atom. The number of benzene rings is 3. The number of primary amides is 1. The van der Waals surface area contributed by atoms with Crippen LogP contribution in [-0.4, -0.2) is 105 Å². The van der Waals surface area contributed by atoms with Crippen LogP contribution < -0.4 is 43.4 Å². The number of phenolic OH excluding ortho intramolecular Hbond substituents is 3. The molecule has 3 aromatic carbocycles. The van der Waals surface area contributed by atoms with Crippen LogP contribution >= 0.6 is 0 Å². The fourth-order valence-electron chi connectivity index (χ4n) is 5.46. The quantitative estimate of drug-likeness (QED) is 0.0515. The van der Waals surface area contributed by atoms with Gasteiger partial charge in [0.15, 0.2) is 0 Å². The molecule has 0 saturated heterocycles. The number of amides is 1. The molecule has 0 fully saturated rings. The summed E-state index contributed by atoms with van der Waals surface area (Å²) in [5.41, 5.74) is 14.4. The van der Waals surface area contributed by atoms with Gasteiger partial charge >= 0.3 is 0 Å². The van der Waals surface area contributed by atoms with Crippen molar-refractivity contribution >= 4 is 5.91 Å². The van der Waals surface area contributed by atoms with Crippen molar-refractivity contribution in [3.63, 3.8) is 0 Å². The minimum atomic E-state index is -0.324. The highest BCUT2D eigenvalue weighted by atomic mass is 16.3. The Hall–Kier alpha value is -3.75. The first-order chi connectivity index (χ1) is 27.3. The number of aromatic hydroxyl groups is 3. The standard InChI is InChI=1S/C36H56N8O4.4C2H6/c37-14-16-42-30(21-27-1-7-33(45)8-2-27)25-40-17-20-44-32(23-29-5-11-35(47)12-6-29)26-41-18-19-43-31(24-39-15-13-36(38)48)22-28-3-9-34(46)10-4-28;4*1-2/h1-12,30-32,39-47H,13-26,37H2,(H2,38,48);4*1-2H3. The molecule has 12 nitrogen and oxygen atoms in total. The normalized spacial score (nSPS) is 11.8. The summed E-state index contributed by atoms with van der Waals surface area (Å²) in [5.74, 6) is 0.443. The van der Waals surface area contributed by atoms with Gasteiger partial charge in [0.25, 0.3) is 0 Å². The number of nitrogens with two attached hydrogens (primary N) is 2. The molecular formula is C44H80N8O4. The van der Waals surface area contributed by atoms with E-state index in [1.807, 2.05) is 91.8 Å². The first-order valence-corrected chi connectivity index (χ1v) is 20.9. The molecule has 0 bridgehead atoms. The molecule has 0 radical (unpaired) electrons. The van der Waals surface area contributed by atoms with E-state index >= 15 is 0 Å². The van der Waals surface area contributed by atoms with E-state index in [4.69, 9.17) is 11.5 Å². The second kappa shape index (κ2) is 38.1. The van der Waals surface area contributed by atoms with Crippen molar-refractivity contribution in [2.24, 2.45) is 11.5 Å². The van der Waals surface area contributed by atoms with Crippen molar-refractivity contribution < 1.29 is 20.1 Å². The third-order valence-corrected chi connectivity index (χ3v) is 8.02. The molecule has 0 aromatic heterocycles. The molecule has 0 aliphatic carbocycles. The second-order valence-corrected chi connectivity index (χ2v) is 12.2. The van der Waals surface area contributed by atoms with E-state index in [-0.39, 0.29) is 41.3 Å². The van der Waals surface area contributed by atoms with Crippen molar-refractivity contribution in [1.82, 2.24) is 31.9 Å². The molecule has 3 aromatic rings. The lowest BCUT2D eigenvalue weighted by atomic mass is 10.0. The summed E-state index contributed by atoms with van der Waals surface area (Å²) in [7, 11) is 0. The fourth-order valence-corrected chi connectivity index (χ4v) is 5.46. The zero-order valence-corrected chi connectivity index (χ0v) is 36.0. The van der Waals surface area contributed by atoms with Gasteiger partial charge in [-0.2, -0.15) is 0 Å². The first-order valence-electron chi connectivity index (χ1n) is 20.9. The topological polar surface area (TPSA) is 202 Å². The molecule has 0 spiro atoms. The molecule has 0 aliphatic rings. The predicted molar refractivity (Wildman–Crippen MR) is 238 cm³/mol. The largest absolute Gasteiger partial charge is 0.508 e. The van der Waals surface area contributed by atoms with E-state index in [1.54, 1.807) is 36.4 Å². The first kappa shape index (κ1) is 54.4. The van der Waals surface area contributed by atoms with Crippen LogP contribution in [0.1, 0.15) is 78.5 Å². The summed E-state index contributed by atoms with van der Waals surface area (Å²) in [6.45, 7) is 23.2. The number of hydrogen-bond donors (Lipinski definition) is 11. The minimum Gasteiger partial charge on any atom is -0.508 e. The Morgan fingerprint density at radius 3 is 1.05 bits per heavy atom. The number of carbonyl (C=O) groups excluding carboxylic acids is 1. The van der Waals surface area contributed by atoms with Crippen LogP contribution in [-0.2, 0) is 24.1 Å². The van der Waals surface area contributed by atoms with Crippen molar-refractivity contribution in [1.29, 1.82) is 0 Å². The van der Waals surface area contributed by atoms with Crippen LogP contribution in [0.25, 0.3) is 0 Å². The van der Waals surface area contributed by atoms with E-state index in [0.29, 0.717) is 26.1 Å². The van der Waals surface area contributed by atoms with Gasteiger partial charge in [0.05, 0.1) is 0 Å². The summed E-state index contributed by atoms with van der Waals surface area (Å²) >= 11 is 0. The Bertz CT molecular complexity index is 1280. The molecule has 1 amide bonds. The SMILES string of the molecule is CC.CC.CC.CC.NCCNC(CNCCNC(CNCCNC(CNCCC(N)=O)Cc1ccc(O)cc1)Cc1ccc(O)cc1)Cc1ccc(O)cc1. The van der Waals surface area contributed by atoms with Gasteiger partial charge in [-0.25, -0.2) is 0 Å². The van der Waals surface area contributed by atoms with Crippen molar-refractivity contribution in [2.45, 2.75) is 99.2 Å². The molecule has 3 unspecified atom stereocenters. The highest BCUT2D eigenvalue weighted by Crippen LogP contribution is 2.13. The number of rotatable bonds is 26. The monoisotopic (exact) mass is 785 g/mol. The van der Waals surface area contributed by atoms with Crippen LogP contribution in [0, 0.1) is 0 Å². The van der Waals surface area contributed by atoms with Gasteiger partial charge in [-0.15, -0.1) is 0 Å². The Morgan fingerprint density at radius 2 is 0.768 bits per heavy atom. The van der Waals surface area contributed by atoms with Crippen molar-refractivity contribution in [2.75, 3.05) is 65.4 Å². The maximum Gasteiger partial charge on any atom is 0.218 e. The minimum absolute atomic E-state index is 0.137. The molecule has 320 valence electrons. The van der Waals surface area contributed by atoms with E-state index in [9.17, 15) is 20.1 Å². The number of nitrogens with one attached hydrogen (secondary N) is 6. The van der Waals surface area contributed by atoms with Crippen LogP contribution in [0.4, 0.5) is 0 Å². The van der Waals surface area contributed by atoms with Gasteiger partial charge in [-0.05, 0) is 72.4 Å². The molecule has 0 aliphatic heterocycles. The number of carbonyl (C=O) groups is 1. The molecule has 56 heavy (non-hydrogen) atoms. The summed E-state index contributed by atoms with van der Waals surface area (Å²) in [6.07, 6.45) is 2.72. The Balaban J connectivity index is 0. The van der Waals surface area contributed by atoms with E-state index in [1.165, 1.54) is 0 Å². The fraction of sp³-hybridized carbons (Fsp3) is 0.568. The second-order valence-electron chi connectivity index (χ2n) is 12.2. The highest BCUT2D eigenvalue weighted by molar-refractivity contribution is 5.73. The highest BCUT2D eigenvalue weighted by Gasteiger charge is 2.13. The molecule has 12 heteroatoms. The summed E-state index contributed by atoms with van der Waals surface area (Å²) < 4.78 is 0. The molecule has 13 N–H and O–H groups in total. The summed E-state index contributed by atoms with van der Waals surface area (Å²) in [6, 6.07) is 22.5. The lowest BCUT2D eigenvalue weighted by molar-refractivity contribution is -0.117. The number of phenols is 3. The average Bonchev–Trinajstić information content (AvgIpc) is 3.23. The van der Waals surface area contributed by atoms with E-state index in [0.717, 1.165) is 81.8 Å².